The van der Waals surface area contributed by atoms with Crippen molar-refractivity contribution in [2.75, 3.05) is 7.05 Å². The number of benzene rings is 1. The second-order valence-corrected chi connectivity index (χ2v) is 9.05. The Balaban J connectivity index is 1.54. The molecule has 0 amide bonds. The number of piperidine rings is 1. The molecule has 160 valence electrons. The van der Waals surface area contributed by atoms with E-state index >= 15 is 4.39 Å². The average Bonchev–Trinajstić information content (AvgIpc) is 3.12. The minimum Gasteiger partial charge on any atom is -0.301 e. The van der Waals surface area contributed by atoms with E-state index in [0.717, 1.165) is 35.1 Å². The number of hydrogen-bond acceptors (Lipinski definition) is 5. The van der Waals surface area contributed by atoms with Gasteiger partial charge < -0.3 is 4.90 Å². The highest BCUT2D eigenvalue weighted by atomic mass is 19.1. The lowest BCUT2D eigenvalue weighted by Crippen LogP contribution is -2.43. The molecule has 0 radical (unpaired) electrons. The minimum atomic E-state index is -0.289. The van der Waals surface area contributed by atoms with Crippen molar-refractivity contribution < 1.29 is 4.39 Å². The van der Waals surface area contributed by atoms with Gasteiger partial charge in [0.15, 0.2) is 0 Å². The normalized spacial score (nSPS) is 22.5. The second kappa shape index (κ2) is 7.34. The van der Waals surface area contributed by atoms with E-state index in [1.165, 1.54) is 0 Å². The van der Waals surface area contributed by atoms with E-state index in [1.54, 1.807) is 10.7 Å². The smallest absolute Gasteiger partial charge is 0.133 e. The van der Waals surface area contributed by atoms with Crippen LogP contribution in [0.1, 0.15) is 43.9 Å². The fourth-order valence-corrected chi connectivity index (χ4v) is 4.81. The molecule has 0 bridgehead atoms. The lowest BCUT2D eigenvalue weighted by atomic mass is 9.85. The highest BCUT2D eigenvalue weighted by Gasteiger charge is 2.30. The molecule has 3 aromatic heterocycles. The van der Waals surface area contributed by atoms with Gasteiger partial charge in [-0.3, -0.25) is 4.68 Å². The van der Waals surface area contributed by atoms with Crippen LogP contribution in [0.5, 0.6) is 0 Å². The van der Waals surface area contributed by atoms with Crippen LogP contribution in [0, 0.1) is 12.7 Å². The van der Waals surface area contributed by atoms with Gasteiger partial charge in [-0.15, -0.1) is 0 Å². The van der Waals surface area contributed by atoms with Crippen LogP contribution in [-0.4, -0.2) is 49.0 Å². The molecule has 1 saturated heterocycles. The summed E-state index contributed by atoms with van der Waals surface area (Å²) in [5, 5.41) is 13.9. The molecule has 6 nitrogen and oxygen atoms in total. The van der Waals surface area contributed by atoms with Crippen molar-refractivity contribution in [2.45, 2.75) is 51.6 Å². The molecule has 4 heterocycles. The van der Waals surface area contributed by atoms with Crippen LogP contribution in [0.25, 0.3) is 33.2 Å². The summed E-state index contributed by atoms with van der Waals surface area (Å²) in [4.78, 5) is 7.08. The Morgan fingerprint density at radius 3 is 2.45 bits per heavy atom. The molecule has 0 aliphatic carbocycles. The average molecular weight is 419 g/mol. The Labute approximate surface area is 181 Å². The number of hydrogen-bond donors (Lipinski definition) is 0. The maximum absolute atomic E-state index is 15.2. The topological polar surface area (TPSA) is 59.7 Å². The summed E-state index contributed by atoms with van der Waals surface area (Å²) in [5.74, 6) is 0.0119. The zero-order chi connectivity index (χ0) is 21.9. The van der Waals surface area contributed by atoms with Gasteiger partial charge in [-0.2, -0.15) is 15.3 Å². The van der Waals surface area contributed by atoms with Gasteiger partial charge in [0.1, 0.15) is 16.9 Å². The first-order valence-electron chi connectivity index (χ1n) is 10.8. The molecule has 5 rings (SSSR count). The third-order valence-corrected chi connectivity index (χ3v) is 6.81. The zero-order valence-corrected chi connectivity index (χ0v) is 18.6. The molecule has 0 saturated carbocycles. The molecule has 3 atom stereocenters. The zero-order valence-electron chi connectivity index (χ0n) is 18.6. The molecule has 4 aromatic rings. The first-order chi connectivity index (χ1) is 14.8. The monoisotopic (exact) mass is 418 g/mol. The Morgan fingerprint density at radius 2 is 1.71 bits per heavy atom. The highest BCUT2D eigenvalue weighted by molar-refractivity contribution is 5.86. The number of aromatic nitrogens is 5. The van der Waals surface area contributed by atoms with Crippen molar-refractivity contribution in [1.82, 2.24) is 29.9 Å². The van der Waals surface area contributed by atoms with Crippen molar-refractivity contribution >= 4 is 21.9 Å². The van der Waals surface area contributed by atoms with Crippen LogP contribution in [0.4, 0.5) is 4.39 Å². The minimum absolute atomic E-state index is 0.289. The number of halogens is 1. The van der Waals surface area contributed by atoms with E-state index in [9.17, 15) is 0 Å². The third-order valence-electron chi connectivity index (χ3n) is 6.81. The summed E-state index contributed by atoms with van der Waals surface area (Å²) in [6.45, 7) is 6.46. The molecule has 1 aliphatic heterocycles. The van der Waals surface area contributed by atoms with Gasteiger partial charge in [0.05, 0.1) is 23.1 Å². The summed E-state index contributed by atoms with van der Waals surface area (Å²) >= 11 is 0. The van der Waals surface area contributed by atoms with Crippen LogP contribution in [0.2, 0.25) is 0 Å². The number of nitrogens with zero attached hydrogens (tertiary/aromatic N) is 6. The van der Waals surface area contributed by atoms with Crippen molar-refractivity contribution in [3.8, 4) is 11.3 Å². The van der Waals surface area contributed by atoms with Gasteiger partial charge in [0, 0.05) is 36.0 Å². The van der Waals surface area contributed by atoms with Crippen molar-refractivity contribution in [2.24, 2.45) is 7.05 Å². The quantitative estimate of drug-likeness (QED) is 0.476. The molecule has 1 aromatic carbocycles. The maximum Gasteiger partial charge on any atom is 0.133 e. The van der Waals surface area contributed by atoms with E-state index in [2.05, 4.69) is 46.1 Å². The van der Waals surface area contributed by atoms with E-state index in [0.29, 0.717) is 40.2 Å². The molecule has 0 N–H and O–H groups in total. The maximum atomic E-state index is 15.2. The third kappa shape index (κ3) is 3.47. The Bertz CT molecular complexity index is 1280. The number of aryl methyl sites for hydroxylation is 2. The Hall–Kier alpha value is -2.93. The highest BCUT2D eigenvalue weighted by Crippen LogP contribution is 2.35. The molecule has 7 heteroatoms. The molecular weight excluding hydrogens is 391 g/mol. The SMILES string of the molecule is Cc1cc(-c2cc(F)c3cc(C4C[C@@H](C)N(C)[C@@H](C)C4)nnc3c2)nc2cn(C)nc12. The molecule has 1 unspecified atom stereocenters. The predicted octanol–water partition coefficient (Wildman–Crippen LogP) is 4.61. The van der Waals surface area contributed by atoms with E-state index in [4.69, 9.17) is 0 Å². The number of rotatable bonds is 2. The fourth-order valence-electron chi connectivity index (χ4n) is 4.81. The number of pyridine rings is 1. The number of fused-ring (bicyclic) bond motifs is 2. The van der Waals surface area contributed by atoms with Crippen LogP contribution in [0.15, 0.2) is 30.5 Å². The van der Waals surface area contributed by atoms with Gasteiger partial charge >= 0.3 is 0 Å². The molecule has 0 spiro atoms. The Kier molecular flexibility index (Phi) is 4.73. The van der Waals surface area contributed by atoms with Crippen LogP contribution in [-0.2, 0) is 7.05 Å². The van der Waals surface area contributed by atoms with Gasteiger partial charge in [-0.25, -0.2) is 9.37 Å². The summed E-state index contributed by atoms with van der Waals surface area (Å²) in [7, 11) is 4.03. The first-order valence-corrected chi connectivity index (χ1v) is 10.8. The van der Waals surface area contributed by atoms with Crippen LogP contribution < -0.4 is 0 Å². The summed E-state index contributed by atoms with van der Waals surface area (Å²) in [5.41, 5.74) is 5.51. The van der Waals surface area contributed by atoms with Crippen molar-refractivity contribution in [3.05, 3.63) is 47.5 Å². The fraction of sp³-hybridized carbons (Fsp3) is 0.417. The molecule has 1 fully saturated rings. The van der Waals surface area contributed by atoms with Crippen LogP contribution >= 0.6 is 0 Å². The summed E-state index contributed by atoms with van der Waals surface area (Å²) < 4.78 is 16.9. The lowest BCUT2D eigenvalue weighted by molar-refractivity contribution is 0.121. The van der Waals surface area contributed by atoms with E-state index < -0.39 is 0 Å². The van der Waals surface area contributed by atoms with Gasteiger partial charge in [0.2, 0.25) is 0 Å². The summed E-state index contributed by atoms with van der Waals surface area (Å²) in [6.07, 6.45) is 3.89. The largest absolute Gasteiger partial charge is 0.301 e. The standard InChI is InChI=1S/C24H27FN6/c1-13-6-20(26-23-12-30(4)29-24(13)23)17-9-19(25)18-11-21(27-28-22(18)10-17)16-7-14(2)31(5)15(3)8-16/h6,9-12,14-16H,7-8H2,1-5H3/t14-,15+,16?. The predicted molar refractivity (Wildman–Crippen MR) is 120 cm³/mol. The number of likely N-dealkylation sites (tertiary alicyclic amines) is 1. The molecule has 1 aliphatic rings. The summed E-state index contributed by atoms with van der Waals surface area (Å²) in [6, 6.07) is 8.20. The van der Waals surface area contributed by atoms with Crippen molar-refractivity contribution in [3.63, 3.8) is 0 Å². The lowest BCUT2D eigenvalue weighted by Gasteiger charge is -2.40. The second-order valence-electron chi connectivity index (χ2n) is 9.05. The van der Waals surface area contributed by atoms with Gasteiger partial charge in [-0.1, -0.05) is 0 Å². The molecule has 31 heavy (non-hydrogen) atoms. The van der Waals surface area contributed by atoms with Crippen LogP contribution in [0.3, 0.4) is 0 Å². The van der Waals surface area contributed by atoms with E-state index in [1.807, 2.05) is 38.4 Å². The first kappa shape index (κ1) is 20.0. The molecular formula is C24H27FN6. The van der Waals surface area contributed by atoms with E-state index in [-0.39, 0.29) is 5.82 Å². The van der Waals surface area contributed by atoms with Crippen molar-refractivity contribution in [1.29, 1.82) is 0 Å². The Morgan fingerprint density at radius 1 is 0.968 bits per heavy atom. The van der Waals surface area contributed by atoms with Gasteiger partial charge in [0.25, 0.3) is 0 Å². The van der Waals surface area contributed by atoms with Gasteiger partial charge in [-0.05, 0) is 70.5 Å².